The monoisotopic (exact) mass is 383 g/mol. The standard InChI is InChI=1S/C14H14ClN5O2S2/c1-7-9(15)3-2-4-10(7)17-14(24)20-19-12(22)6-8-5-11(21)18-13(23)16-8/h2-5H,6H2,1H3,(H,19,22)(H2,17,20,24)(H2,16,18,21,23). The molecule has 0 bridgehead atoms. The predicted molar refractivity (Wildman–Crippen MR) is 99.6 cm³/mol. The van der Waals surface area contributed by atoms with Crippen LogP contribution in [0.25, 0.3) is 0 Å². The minimum Gasteiger partial charge on any atom is -0.335 e. The van der Waals surface area contributed by atoms with Crippen LogP contribution in [0.1, 0.15) is 11.3 Å². The highest BCUT2D eigenvalue weighted by Crippen LogP contribution is 2.22. The van der Waals surface area contributed by atoms with E-state index in [1.807, 2.05) is 13.0 Å². The number of carbonyl (C=O) groups is 1. The maximum absolute atomic E-state index is 11.9. The van der Waals surface area contributed by atoms with E-state index in [0.717, 1.165) is 11.3 Å². The Labute approximate surface area is 152 Å². The van der Waals surface area contributed by atoms with Crippen molar-refractivity contribution in [3.8, 4) is 0 Å². The van der Waals surface area contributed by atoms with E-state index in [1.54, 1.807) is 12.1 Å². The van der Waals surface area contributed by atoms with Crippen molar-refractivity contribution in [3.63, 3.8) is 0 Å². The first-order chi connectivity index (χ1) is 11.3. The van der Waals surface area contributed by atoms with Gasteiger partial charge in [0.15, 0.2) is 9.88 Å². The Balaban J connectivity index is 1.89. The van der Waals surface area contributed by atoms with Crippen molar-refractivity contribution in [1.82, 2.24) is 20.8 Å². The van der Waals surface area contributed by atoms with Crippen LogP contribution in [0, 0.1) is 11.7 Å². The summed E-state index contributed by atoms with van der Waals surface area (Å²) in [5.74, 6) is -0.391. The molecule has 0 saturated carbocycles. The van der Waals surface area contributed by atoms with Crippen LogP contribution < -0.4 is 21.7 Å². The van der Waals surface area contributed by atoms with Gasteiger partial charge in [-0.1, -0.05) is 17.7 Å². The smallest absolute Gasteiger partial charge is 0.251 e. The predicted octanol–water partition coefficient (Wildman–Crippen LogP) is 1.95. The Kier molecular flexibility index (Phi) is 6.07. The molecule has 2 rings (SSSR count). The molecule has 0 aliphatic heterocycles. The molecule has 0 unspecified atom stereocenters. The van der Waals surface area contributed by atoms with E-state index in [9.17, 15) is 9.59 Å². The minimum atomic E-state index is -0.391. The molecule has 1 aromatic carbocycles. The third-order valence-corrected chi connectivity index (χ3v) is 3.82. The zero-order valence-electron chi connectivity index (χ0n) is 12.5. The third kappa shape index (κ3) is 5.15. The molecular formula is C14H14ClN5O2S2. The number of benzene rings is 1. The first-order valence-electron chi connectivity index (χ1n) is 6.78. The van der Waals surface area contributed by atoms with Gasteiger partial charge in [-0.25, -0.2) is 0 Å². The summed E-state index contributed by atoms with van der Waals surface area (Å²) in [7, 11) is 0. The van der Waals surface area contributed by atoms with Crippen molar-refractivity contribution >= 4 is 52.7 Å². The number of aromatic nitrogens is 2. The summed E-state index contributed by atoms with van der Waals surface area (Å²) >= 11 is 16.0. The number of hydrogen-bond acceptors (Lipinski definition) is 4. The Bertz CT molecular complexity index is 865. The summed E-state index contributed by atoms with van der Waals surface area (Å²) < 4.78 is 0.159. The highest BCUT2D eigenvalue weighted by Gasteiger charge is 2.07. The molecule has 126 valence electrons. The molecule has 0 fully saturated rings. The van der Waals surface area contributed by atoms with Crippen LogP contribution >= 0.6 is 36.0 Å². The fourth-order valence-electron chi connectivity index (χ4n) is 1.85. The molecule has 24 heavy (non-hydrogen) atoms. The first-order valence-corrected chi connectivity index (χ1v) is 7.98. The van der Waals surface area contributed by atoms with E-state index >= 15 is 0 Å². The average molecular weight is 384 g/mol. The van der Waals surface area contributed by atoms with Gasteiger partial charge in [-0.2, -0.15) is 0 Å². The lowest BCUT2D eigenvalue weighted by Gasteiger charge is -2.13. The van der Waals surface area contributed by atoms with E-state index in [2.05, 4.69) is 26.1 Å². The molecule has 0 atom stereocenters. The number of rotatable bonds is 3. The maximum atomic E-state index is 11.9. The summed E-state index contributed by atoms with van der Waals surface area (Å²) in [6.45, 7) is 1.85. The van der Waals surface area contributed by atoms with E-state index in [-0.39, 0.29) is 21.9 Å². The second-order valence-electron chi connectivity index (χ2n) is 4.83. The number of hydrogen-bond donors (Lipinski definition) is 5. The highest BCUT2D eigenvalue weighted by molar-refractivity contribution is 7.80. The lowest BCUT2D eigenvalue weighted by atomic mass is 10.2. The quantitative estimate of drug-likeness (QED) is 0.410. The average Bonchev–Trinajstić information content (AvgIpc) is 2.49. The summed E-state index contributed by atoms with van der Waals surface area (Å²) in [4.78, 5) is 28.3. The van der Waals surface area contributed by atoms with Gasteiger partial charge in [-0.05, 0) is 49.1 Å². The van der Waals surface area contributed by atoms with Gasteiger partial charge in [-0.15, -0.1) is 0 Å². The largest absolute Gasteiger partial charge is 0.335 e. The lowest BCUT2D eigenvalue weighted by Crippen LogP contribution is -2.44. The molecule has 1 heterocycles. The zero-order chi connectivity index (χ0) is 17.7. The van der Waals surface area contributed by atoms with Crippen molar-refractivity contribution in [3.05, 3.63) is 55.7 Å². The van der Waals surface area contributed by atoms with Crippen molar-refractivity contribution in [2.75, 3.05) is 5.32 Å². The van der Waals surface area contributed by atoms with Crippen LogP contribution in [0.2, 0.25) is 5.02 Å². The molecule has 1 amide bonds. The van der Waals surface area contributed by atoms with Gasteiger partial charge in [0.2, 0.25) is 5.91 Å². The van der Waals surface area contributed by atoms with Crippen molar-refractivity contribution < 1.29 is 4.79 Å². The molecule has 0 aliphatic rings. The SMILES string of the molecule is Cc1c(Cl)cccc1NC(=S)NNC(=O)Cc1cc(=O)[nH]c(=S)[nH]1. The molecule has 0 radical (unpaired) electrons. The maximum Gasteiger partial charge on any atom is 0.251 e. The Hall–Kier alpha value is -2.23. The van der Waals surface area contributed by atoms with E-state index in [4.69, 9.17) is 36.0 Å². The van der Waals surface area contributed by atoms with Crippen molar-refractivity contribution in [2.24, 2.45) is 0 Å². The number of carbonyl (C=O) groups excluding carboxylic acids is 1. The molecule has 0 saturated heterocycles. The van der Waals surface area contributed by atoms with Gasteiger partial charge in [0, 0.05) is 22.5 Å². The number of H-pyrrole nitrogens is 2. The van der Waals surface area contributed by atoms with E-state index in [0.29, 0.717) is 10.7 Å². The third-order valence-electron chi connectivity index (χ3n) is 3.00. The normalized spacial score (nSPS) is 10.1. The molecule has 0 spiro atoms. The van der Waals surface area contributed by atoms with Crippen LogP contribution in [0.4, 0.5) is 5.69 Å². The van der Waals surface area contributed by atoms with Gasteiger partial charge in [0.25, 0.3) is 5.56 Å². The fraction of sp³-hybridized carbons (Fsp3) is 0.143. The molecule has 2 aromatic rings. The van der Waals surface area contributed by atoms with Crippen LogP contribution in [0.3, 0.4) is 0 Å². The lowest BCUT2D eigenvalue weighted by molar-refractivity contribution is -0.121. The number of halogens is 1. The second kappa shape index (κ2) is 8.04. The fourth-order valence-corrected chi connectivity index (χ4v) is 2.42. The summed E-state index contributed by atoms with van der Waals surface area (Å²) in [5.41, 5.74) is 6.60. The number of thiocarbonyl (C=S) groups is 1. The number of nitrogens with one attached hydrogen (secondary N) is 5. The van der Waals surface area contributed by atoms with Crippen LogP contribution in [-0.4, -0.2) is 21.0 Å². The summed E-state index contributed by atoms with van der Waals surface area (Å²) in [6.07, 6.45) is -0.0562. The molecule has 5 N–H and O–H groups in total. The first kappa shape index (κ1) is 18.1. The van der Waals surface area contributed by atoms with E-state index < -0.39 is 5.91 Å². The summed E-state index contributed by atoms with van der Waals surface area (Å²) in [5, 5.41) is 3.74. The van der Waals surface area contributed by atoms with Gasteiger partial charge in [0.05, 0.1) is 6.42 Å². The van der Waals surface area contributed by atoms with E-state index in [1.165, 1.54) is 6.07 Å². The summed E-state index contributed by atoms with van der Waals surface area (Å²) in [6, 6.07) is 6.63. The molecule has 1 aromatic heterocycles. The van der Waals surface area contributed by atoms with Gasteiger partial charge >= 0.3 is 0 Å². The van der Waals surface area contributed by atoms with Crippen LogP contribution in [0.15, 0.2) is 29.1 Å². The molecular weight excluding hydrogens is 370 g/mol. The minimum absolute atomic E-state index is 0.0562. The number of anilines is 1. The highest BCUT2D eigenvalue weighted by atomic mass is 35.5. The number of aromatic amines is 2. The number of hydrazine groups is 1. The Morgan fingerprint density at radius 2 is 2.04 bits per heavy atom. The van der Waals surface area contributed by atoms with Gasteiger partial charge in [0.1, 0.15) is 0 Å². The van der Waals surface area contributed by atoms with Crippen LogP contribution in [0.5, 0.6) is 0 Å². The topological polar surface area (TPSA) is 102 Å². The van der Waals surface area contributed by atoms with Gasteiger partial charge < -0.3 is 10.3 Å². The Morgan fingerprint density at radius 3 is 2.75 bits per heavy atom. The molecule has 7 nitrogen and oxygen atoms in total. The number of amides is 1. The molecule has 0 aliphatic carbocycles. The zero-order valence-corrected chi connectivity index (χ0v) is 14.9. The van der Waals surface area contributed by atoms with Gasteiger partial charge in [-0.3, -0.25) is 25.4 Å². The van der Waals surface area contributed by atoms with Crippen LogP contribution in [-0.2, 0) is 11.2 Å². The van der Waals surface area contributed by atoms with Crippen molar-refractivity contribution in [2.45, 2.75) is 13.3 Å². The molecule has 10 heteroatoms. The Morgan fingerprint density at radius 1 is 1.29 bits per heavy atom. The van der Waals surface area contributed by atoms with Crippen molar-refractivity contribution in [1.29, 1.82) is 0 Å². The second-order valence-corrected chi connectivity index (χ2v) is 6.05.